The number of benzene rings is 2. The zero-order chi connectivity index (χ0) is 21.0. The number of sulfonamides is 1. The number of nitrogens with one attached hydrogen (secondary N) is 1. The zero-order valence-corrected chi connectivity index (χ0v) is 17.1. The fraction of sp³-hybridized carbons (Fsp3) is 0.300. The van der Waals surface area contributed by atoms with Crippen molar-refractivity contribution in [1.82, 2.24) is 9.21 Å². The summed E-state index contributed by atoms with van der Waals surface area (Å²) in [6.07, 6.45) is 0. The Morgan fingerprint density at radius 3 is 2.41 bits per heavy atom. The predicted molar refractivity (Wildman–Crippen MR) is 108 cm³/mol. The molecule has 0 atom stereocenters. The van der Waals surface area contributed by atoms with Crippen molar-refractivity contribution >= 4 is 27.5 Å². The van der Waals surface area contributed by atoms with Gasteiger partial charge in [0, 0.05) is 32.7 Å². The smallest absolute Gasteiger partial charge is 0.256 e. The second-order valence-corrected chi connectivity index (χ2v) is 8.87. The Balaban J connectivity index is 1.84. The fourth-order valence-corrected chi connectivity index (χ4v) is 3.87. The van der Waals surface area contributed by atoms with Gasteiger partial charge in [-0.1, -0.05) is 18.2 Å². The van der Waals surface area contributed by atoms with E-state index < -0.39 is 15.9 Å². The van der Waals surface area contributed by atoms with Gasteiger partial charge in [0.05, 0.1) is 29.4 Å². The number of rotatable bonds is 5. The van der Waals surface area contributed by atoms with E-state index in [1.165, 1.54) is 38.4 Å². The van der Waals surface area contributed by atoms with E-state index in [4.69, 9.17) is 4.74 Å². The Labute approximate surface area is 170 Å². The molecule has 2 amide bonds. The van der Waals surface area contributed by atoms with Crippen molar-refractivity contribution in [3.8, 4) is 0 Å². The predicted octanol–water partition coefficient (Wildman–Crippen LogP) is 1.66. The van der Waals surface area contributed by atoms with Gasteiger partial charge in [-0.25, -0.2) is 12.7 Å². The van der Waals surface area contributed by atoms with E-state index >= 15 is 0 Å². The number of anilines is 1. The number of carbonyl (C=O) groups is 2. The van der Waals surface area contributed by atoms with Gasteiger partial charge in [0.25, 0.3) is 11.8 Å². The normalized spacial score (nSPS) is 14.7. The average Bonchev–Trinajstić information content (AvgIpc) is 2.74. The van der Waals surface area contributed by atoms with Crippen LogP contribution in [0.2, 0.25) is 0 Å². The molecule has 0 aromatic heterocycles. The first-order valence-electron chi connectivity index (χ1n) is 9.10. The number of hydrogen-bond acceptors (Lipinski definition) is 5. The third kappa shape index (κ3) is 4.64. The lowest BCUT2D eigenvalue weighted by Crippen LogP contribution is -2.41. The summed E-state index contributed by atoms with van der Waals surface area (Å²) in [7, 11) is -0.809. The summed E-state index contributed by atoms with van der Waals surface area (Å²) in [6.45, 7) is 1.94. The van der Waals surface area contributed by atoms with E-state index in [0.717, 1.165) is 4.31 Å². The fourth-order valence-electron chi connectivity index (χ4n) is 2.92. The lowest BCUT2D eigenvalue weighted by molar-refractivity contribution is 0.0303. The summed E-state index contributed by atoms with van der Waals surface area (Å²) in [5.41, 5.74) is 0.927. The van der Waals surface area contributed by atoms with Crippen molar-refractivity contribution in [3.63, 3.8) is 0 Å². The minimum atomic E-state index is -3.66. The van der Waals surface area contributed by atoms with Crippen LogP contribution in [0.25, 0.3) is 0 Å². The molecule has 0 unspecified atom stereocenters. The number of para-hydroxylation sites is 1. The lowest BCUT2D eigenvalue weighted by atomic mass is 10.1. The quantitative estimate of drug-likeness (QED) is 0.798. The Hall–Kier alpha value is -2.75. The molecule has 1 N–H and O–H groups in total. The van der Waals surface area contributed by atoms with Gasteiger partial charge >= 0.3 is 0 Å². The standard InChI is InChI=1S/C20H23N3O5S/c1-22(2)29(26,27)16-7-5-6-15(14-16)19(24)21-18-9-4-3-8-17(18)20(25)23-10-12-28-13-11-23/h3-9,14H,10-13H2,1-2H3,(H,21,24). The van der Waals surface area contributed by atoms with E-state index in [2.05, 4.69) is 5.32 Å². The van der Waals surface area contributed by atoms with Gasteiger partial charge in [0.1, 0.15) is 0 Å². The van der Waals surface area contributed by atoms with Gasteiger partial charge in [-0.05, 0) is 30.3 Å². The molecular formula is C20H23N3O5S. The number of nitrogens with zero attached hydrogens (tertiary/aromatic N) is 2. The monoisotopic (exact) mass is 417 g/mol. The topological polar surface area (TPSA) is 96.0 Å². The third-order valence-electron chi connectivity index (χ3n) is 4.58. The first-order chi connectivity index (χ1) is 13.8. The summed E-state index contributed by atoms with van der Waals surface area (Å²) in [6, 6.07) is 12.5. The molecule has 0 saturated carbocycles. The molecule has 2 aromatic carbocycles. The summed E-state index contributed by atoms with van der Waals surface area (Å²) >= 11 is 0. The Morgan fingerprint density at radius 1 is 1.03 bits per heavy atom. The van der Waals surface area contributed by atoms with Gasteiger partial charge in [-0.2, -0.15) is 0 Å². The molecule has 29 heavy (non-hydrogen) atoms. The summed E-state index contributed by atoms with van der Waals surface area (Å²) in [5.74, 6) is -0.684. The van der Waals surface area contributed by atoms with Gasteiger partial charge < -0.3 is 15.0 Å². The van der Waals surface area contributed by atoms with E-state index in [-0.39, 0.29) is 16.4 Å². The maximum Gasteiger partial charge on any atom is 0.256 e. The van der Waals surface area contributed by atoms with Crippen molar-refractivity contribution < 1.29 is 22.7 Å². The van der Waals surface area contributed by atoms with Crippen LogP contribution in [0.5, 0.6) is 0 Å². The number of ether oxygens (including phenoxy) is 1. The maximum atomic E-state index is 12.8. The van der Waals surface area contributed by atoms with Gasteiger partial charge in [0.2, 0.25) is 10.0 Å². The van der Waals surface area contributed by atoms with E-state index in [0.29, 0.717) is 37.6 Å². The number of hydrogen-bond donors (Lipinski definition) is 1. The van der Waals surface area contributed by atoms with E-state index in [1.54, 1.807) is 29.2 Å². The van der Waals surface area contributed by atoms with E-state index in [1.807, 2.05) is 0 Å². The Kier molecular flexibility index (Phi) is 6.31. The minimum absolute atomic E-state index is 0.0211. The molecule has 2 aromatic rings. The zero-order valence-electron chi connectivity index (χ0n) is 16.3. The highest BCUT2D eigenvalue weighted by atomic mass is 32.2. The molecule has 0 bridgehead atoms. The molecular weight excluding hydrogens is 394 g/mol. The highest BCUT2D eigenvalue weighted by Gasteiger charge is 2.23. The average molecular weight is 417 g/mol. The summed E-state index contributed by atoms with van der Waals surface area (Å²) in [5, 5.41) is 2.73. The van der Waals surface area contributed by atoms with Crippen molar-refractivity contribution in [2.75, 3.05) is 45.7 Å². The SMILES string of the molecule is CN(C)S(=O)(=O)c1cccc(C(=O)Nc2ccccc2C(=O)N2CCOCC2)c1. The van der Waals surface area contributed by atoms with Crippen LogP contribution in [0.4, 0.5) is 5.69 Å². The van der Waals surface area contributed by atoms with Crippen LogP contribution in [0.15, 0.2) is 53.4 Å². The first-order valence-corrected chi connectivity index (χ1v) is 10.5. The second kappa shape index (κ2) is 8.73. The molecule has 0 aliphatic carbocycles. The van der Waals surface area contributed by atoms with Crippen LogP contribution in [0.3, 0.4) is 0 Å². The second-order valence-electron chi connectivity index (χ2n) is 6.72. The van der Waals surface area contributed by atoms with Crippen molar-refractivity contribution in [1.29, 1.82) is 0 Å². The molecule has 9 heteroatoms. The molecule has 1 heterocycles. The molecule has 0 spiro atoms. The molecule has 3 rings (SSSR count). The van der Waals surface area contributed by atoms with Crippen LogP contribution in [-0.2, 0) is 14.8 Å². The summed E-state index contributed by atoms with van der Waals surface area (Å²) in [4.78, 5) is 27.3. The molecule has 1 saturated heterocycles. The Bertz CT molecular complexity index is 1010. The minimum Gasteiger partial charge on any atom is -0.378 e. The van der Waals surface area contributed by atoms with Crippen molar-refractivity contribution in [2.24, 2.45) is 0 Å². The number of morpholine rings is 1. The lowest BCUT2D eigenvalue weighted by Gasteiger charge is -2.27. The van der Waals surface area contributed by atoms with Crippen LogP contribution in [0.1, 0.15) is 20.7 Å². The largest absolute Gasteiger partial charge is 0.378 e. The molecule has 1 fully saturated rings. The van der Waals surface area contributed by atoms with Crippen LogP contribution < -0.4 is 5.32 Å². The van der Waals surface area contributed by atoms with Crippen LogP contribution in [-0.4, -0.2) is 69.8 Å². The highest BCUT2D eigenvalue weighted by Crippen LogP contribution is 2.20. The molecule has 8 nitrogen and oxygen atoms in total. The maximum absolute atomic E-state index is 12.8. The Morgan fingerprint density at radius 2 is 1.72 bits per heavy atom. The number of amides is 2. The molecule has 154 valence electrons. The van der Waals surface area contributed by atoms with Gasteiger partial charge in [0.15, 0.2) is 0 Å². The van der Waals surface area contributed by atoms with Crippen LogP contribution in [0, 0.1) is 0 Å². The van der Waals surface area contributed by atoms with E-state index in [9.17, 15) is 18.0 Å². The molecule has 0 radical (unpaired) electrons. The third-order valence-corrected chi connectivity index (χ3v) is 6.39. The van der Waals surface area contributed by atoms with Crippen molar-refractivity contribution in [3.05, 3.63) is 59.7 Å². The summed E-state index contributed by atoms with van der Waals surface area (Å²) < 4.78 is 31.0. The van der Waals surface area contributed by atoms with Crippen LogP contribution >= 0.6 is 0 Å². The first kappa shape index (κ1) is 21.0. The number of carbonyl (C=O) groups excluding carboxylic acids is 2. The van der Waals surface area contributed by atoms with Crippen molar-refractivity contribution in [2.45, 2.75) is 4.90 Å². The molecule has 1 aliphatic rings. The van der Waals surface area contributed by atoms with Gasteiger partial charge in [-0.15, -0.1) is 0 Å². The molecule has 1 aliphatic heterocycles. The highest BCUT2D eigenvalue weighted by molar-refractivity contribution is 7.89. The van der Waals surface area contributed by atoms with Gasteiger partial charge in [-0.3, -0.25) is 9.59 Å².